The van der Waals surface area contributed by atoms with Crippen LogP contribution in [0.5, 0.6) is 0 Å². The maximum atomic E-state index is 9.06. The molecule has 1 nitrogen and oxygen atoms in total. The summed E-state index contributed by atoms with van der Waals surface area (Å²) in [5, 5.41) is 9.06. The predicted octanol–water partition coefficient (Wildman–Crippen LogP) is 2.02. The van der Waals surface area contributed by atoms with E-state index >= 15 is 0 Å². The second-order valence-electron chi connectivity index (χ2n) is 2.44. The second-order valence-corrected chi connectivity index (χ2v) is 2.75. The van der Waals surface area contributed by atoms with Crippen LogP contribution in [0.15, 0.2) is 0 Å². The van der Waals surface area contributed by atoms with Crippen LogP contribution < -0.4 is 0 Å². The molecule has 9 heavy (non-hydrogen) atoms. The molecule has 0 aromatic heterocycles. The molecule has 2 heteroatoms. The standard InChI is InChI=1S/C7H15ClO/c1-3-4-7(5-8)6(2)9/h6-7,9H,3-5H2,1-2H3. The van der Waals surface area contributed by atoms with Gasteiger partial charge in [-0.05, 0) is 19.3 Å². The molecule has 2 atom stereocenters. The molecule has 0 aliphatic rings. The van der Waals surface area contributed by atoms with E-state index < -0.39 is 0 Å². The monoisotopic (exact) mass is 150 g/mol. The van der Waals surface area contributed by atoms with Gasteiger partial charge in [0.25, 0.3) is 0 Å². The summed E-state index contributed by atoms with van der Waals surface area (Å²) >= 11 is 5.58. The lowest BCUT2D eigenvalue weighted by molar-refractivity contribution is 0.131. The Labute approximate surface area is 62.0 Å². The molecule has 0 aliphatic carbocycles. The van der Waals surface area contributed by atoms with Crippen molar-refractivity contribution in [3.05, 3.63) is 0 Å². The number of rotatable bonds is 4. The van der Waals surface area contributed by atoms with Crippen molar-refractivity contribution in [3.8, 4) is 0 Å². The van der Waals surface area contributed by atoms with Crippen LogP contribution in [0.25, 0.3) is 0 Å². The van der Waals surface area contributed by atoms with Gasteiger partial charge in [-0.15, -0.1) is 11.6 Å². The van der Waals surface area contributed by atoms with Crippen molar-refractivity contribution in [1.82, 2.24) is 0 Å². The van der Waals surface area contributed by atoms with Gasteiger partial charge in [-0.1, -0.05) is 13.3 Å². The molecule has 0 aliphatic heterocycles. The fourth-order valence-electron chi connectivity index (χ4n) is 0.818. The lowest BCUT2D eigenvalue weighted by Gasteiger charge is -2.14. The SMILES string of the molecule is CCCC(CCl)C(C)O. The number of halogens is 1. The minimum atomic E-state index is -0.248. The fourth-order valence-corrected chi connectivity index (χ4v) is 1.23. The quantitative estimate of drug-likeness (QED) is 0.608. The normalized spacial score (nSPS) is 17.3. The van der Waals surface area contributed by atoms with Gasteiger partial charge in [-0.25, -0.2) is 0 Å². The summed E-state index contributed by atoms with van der Waals surface area (Å²) in [4.78, 5) is 0. The number of aliphatic hydroxyl groups excluding tert-OH is 1. The van der Waals surface area contributed by atoms with E-state index in [-0.39, 0.29) is 12.0 Å². The molecule has 0 radical (unpaired) electrons. The Morgan fingerprint density at radius 2 is 2.11 bits per heavy atom. The van der Waals surface area contributed by atoms with Gasteiger partial charge in [0.15, 0.2) is 0 Å². The third kappa shape index (κ3) is 3.77. The largest absolute Gasteiger partial charge is 0.393 e. The van der Waals surface area contributed by atoms with E-state index in [4.69, 9.17) is 16.7 Å². The summed E-state index contributed by atoms with van der Waals surface area (Å²) in [5.74, 6) is 0.863. The van der Waals surface area contributed by atoms with Crippen LogP contribution in [-0.4, -0.2) is 17.1 Å². The first-order valence-corrected chi connectivity index (χ1v) is 3.99. The average Bonchev–Trinajstić information content (AvgIpc) is 1.82. The molecule has 0 aromatic carbocycles. The van der Waals surface area contributed by atoms with Crippen molar-refractivity contribution in [2.24, 2.45) is 5.92 Å². The molecule has 0 spiro atoms. The number of alkyl halides is 1. The molecule has 56 valence electrons. The fraction of sp³-hybridized carbons (Fsp3) is 1.00. The number of hydrogen-bond donors (Lipinski definition) is 1. The highest BCUT2D eigenvalue weighted by atomic mass is 35.5. The second kappa shape index (κ2) is 5.07. The van der Waals surface area contributed by atoms with E-state index in [1.165, 1.54) is 0 Å². The van der Waals surface area contributed by atoms with Gasteiger partial charge in [0.1, 0.15) is 0 Å². The Hall–Kier alpha value is 0.250. The lowest BCUT2D eigenvalue weighted by Crippen LogP contribution is -2.17. The van der Waals surface area contributed by atoms with Crippen molar-refractivity contribution in [2.45, 2.75) is 32.8 Å². The van der Waals surface area contributed by atoms with Crippen molar-refractivity contribution >= 4 is 11.6 Å². The highest BCUT2D eigenvalue weighted by Crippen LogP contribution is 2.12. The highest BCUT2D eigenvalue weighted by Gasteiger charge is 2.11. The van der Waals surface area contributed by atoms with Crippen LogP contribution >= 0.6 is 11.6 Å². The first kappa shape index (κ1) is 9.25. The summed E-state index contributed by atoms with van der Waals surface area (Å²) < 4.78 is 0. The molecule has 2 unspecified atom stereocenters. The Balaban J connectivity index is 3.41. The molecule has 0 amide bonds. The molecule has 0 bridgehead atoms. The van der Waals surface area contributed by atoms with Gasteiger partial charge in [0.2, 0.25) is 0 Å². The van der Waals surface area contributed by atoms with Gasteiger partial charge in [0.05, 0.1) is 6.10 Å². The zero-order valence-electron chi connectivity index (χ0n) is 6.10. The topological polar surface area (TPSA) is 20.2 Å². The van der Waals surface area contributed by atoms with Crippen LogP contribution in [0.1, 0.15) is 26.7 Å². The highest BCUT2D eigenvalue weighted by molar-refractivity contribution is 6.18. The van der Waals surface area contributed by atoms with Crippen LogP contribution in [0.2, 0.25) is 0 Å². The van der Waals surface area contributed by atoms with E-state index in [2.05, 4.69) is 6.92 Å². The summed E-state index contributed by atoms with van der Waals surface area (Å²) in [6.45, 7) is 3.89. The van der Waals surface area contributed by atoms with E-state index in [1.54, 1.807) is 6.92 Å². The van der Waals surface area contributed by atoms with Crippen molar-refractivity contribution in [1.29, 1.82) is 0 Å². The van der Waals surface area contributed by atoms with Crippen molar-refractivity contribution in [2.75, 3.05) is 5.88 Å². The molecular weight excluding hydrogens is 136 g/mol. The summed E-state index contributed by atoms with van der Waals surface area (Å²) in [7, 11) is 0. The summed E-state index contributed by atoms with van der Waals surface area (Å²) in [6.07, 6.45) is 1.88. The molecule has 0 heterocycles. The maximum absolute atomic E-state index is 9.06. The summed E-state index contributed by atoms with van der Waals surface area (Å²) in [6, 6.07) is 0. The third-order valence-electron chi connectivity index (χ3n) is 1.54. The minimum absolute atomic E-state index is 0.248. The molecule has 0 aromatic rings. The van der Waals surface area contributed by atoms with Crippen LogP contribution in [0, 0.1) is 5.92 Å². The van der Waals surface area contributed by atoms with Crippen molar-refractivity contribution in [3.63, 3.8) is 0 Å². The van der Waals surface area contributed by atoms with Gasteiger partial charge in [-0.3, -0.25) is 0 Å². The first-order valence-electron chi connectivity index (χ1n) is 3.46. The Morgan fingerprint density at radius 1 is 1.56 bits per heavy atom. The number of hydrogen-bond acceptors (Lipinski definition) is 1. The average molecular weight is 151 g/mol. The predicted molar refractivity (Wildman–Crippen MR) is 40.8 cm³/mol. The Morgan fingerprint density at radius 3 is 2.22 bits per heavy atom. The van der Waals surface area contributed by atoms with E-state index in [0.29, 0.717) is 5.88 Å². The van der Waals surface area contributed by atoms with Gasteiger partial charge < -0.3 is 5.11 Å². The zero-order chi connectivity index (χ0) is 7.28. The third-order valence-corrected chi connectivity index (χ3v) is 1.94. The van der Waals surface area contributed by atoms with Crippen LogP contribution in [-0.2, 0) is 0 Å². The Kier molecular flexibility index (Phi) is 5.21. The first-order chi connectivity index (χ1) is 4.22. The smallest absolute Gasteiger partial charge is 0.0551 e. The number of aliphatic hydroxyl groups is 1. The van der Waals surface area contributed by atoms with Gasteiger partial charge >= 0.3 is 0 Å². The van der Waals surface area contributed by atoms with Crippen molar-refractivity contribution < 1.29 is 5.11 Å². The zero-order valence-corrected chi connectivity index (χ0v) is 6.86. The molecule has 0 fully saturated rings. The maximum Gasteiger partial charge on any atom is 0.0551 e. The van der Waals surface area contributed by atoms with E-state index in [1.807, 2.05) is 0 Å². The molecule has 0 rings (SSSR count). The molecule has 0 saturated heterocycles. The van der Waals surface area contributed by atoms with Gasteiger partial charge in [0, 0.05) is 5.88 Å². The molecule has 0 saturated carbocycles. The van der Waals surface area contributed by atoms with E-state index in [9.17, 15) is 0 Å². The van der Waals surface area contributed by atoms with Crippen LogP contribution in [0.4, 0.5) is 0 Å². The Bertz CT molecular complexity index is 63.9. The van der Waals surface area contributed by atoms with Crippen LogP contribution in [0.3, 0.4) is 0 Å². The van der Waals surface area contributed by atoms with Gasteiger partial charge in [-0.2, -0.15) is 0 Å². The molecular formula is C7H15ClO. The van der Waals surface area contributed by atoms with E-state index in [0.717, 1.165) is 12.8 Å². The lowest BCUT2D eigenvalue weighted by atomic mass is 10.0. The summed E-state index contributed by atoms with van der Waals surface area (Å²) in [5.41, 5.74) is 0. The molecule has 1 N–H and O–H groups in total. The minimum Gasteiger partial charge on any atom is -0.393 e.